The average Bonchev–Trinajstić information content (AvgIpc) is 3.20. The maximum Gasteiger partial charge on any atom is 0.300 e. The smallest absolute Gasteiger partial charge is 0.300 e. The predicted octanol–water partition coefficient (Wildman–Crippen LogP) is 5.96. The Morgan fingerprint density at radius 3 is 2.26 bits per heavy atom. The molecule has 1 unspecified atom stereocenters. The molecular formula is C31H34N2O5. The van der Waals surface area contributed by atoms with Gasteiger partial charge in [-0.15, -0.1) is 0 Å². The van der Waals surface area contributed by atoms with Crippen LogP contribution in [-0.4, -0.2) is 44.1 Å². The first-order chi connectivity index (χ1) is 18.4. The van der Waals surface area contributed by atoms with Gasteiger partial charge >= 0.3 is 0 Å². The van der Waals surface area contributed by atoms with Crippen molar-refractivity contribution in [1.29, 1.82) is 0 Å². The Morgan fingerprint density at radius 2 is 1.58 bits per heavy atom. The number of carbonyl (C=O) groups is 2. The topological polar surface area (TPSA) is 79.3 Å². The lowest BCUT2D eigenvalue weighted by Crippen LogP contribution is -2.30. The molecule has 0 bridgehead atoms. The number of anilines is 2. The van der Waals surface area contributed by atoms with Crippen molar-refractivity contribution in [3.8, 4) is 11.5 Å². The molecule has 1 heterocycles. The average molecular weight is 515 g/mol. The lowest BCUT2D eigenvalue weighted by atomic mass is 9.94. The summed E-state index contributed by atoms with van der Waals surface area (Å²) in [5, 5.41) is 11.5. The van der Waals surface area contributed by atoms with Crippen LogP contribution in [0.25, 0.3) is 5.76 Å². The summed E-state index contributed by atoms with van der Waals surface area (Å²) in [5.41, 5.74) is 2.56. The maximum absolute atomic E-state index is 13.6. The van der Waals surface area contributed by atoms with E-state index in [9.17, 15) is 14.7 Å². The molecule has 1 aliphatic heterocycles. The number of nitrogens with zero attached hydrogens (tertiary/aromatic N) is 2. The Labute approximate surface area is 223 Å². The fourth-order valence-electron chi connectivity index (χ4n) is 4.45. The fraction of sp³-hybridized carbons (Fsp3) is 0.290. The zero-order valence-corrected chi connectivity index (χ0v) is 22.3. The van der Waals surface area contributed by atoms with Gasteiger partial charge in [0.25, 0.3) is 11.7 Å². The van der Waals surface area contributed by atoms with Crippen molar-refractivity contribution in [3.63, 3.8) is 0 Å². The molecule has 1 amide bonds. The second-order valence-electron chi connectivity index (χ2n) is 9.35. The molecule has 0 radical (unpaired) electrons. The van der Waals surface area contributed by atoms with Crippen LogP contribution >= 0.6 is 0 Å². The first-order valence-electron chi connectivity index (χ1n) is 12.9. The van der Waals surface area contributed by atoms with Crippen molar-refractivity contribution in [2.24, 2.45) is 0 Å². The van der Waals surface area contributed by atoms with E-state index in [0.29, 0.717) is 41.5 Å². The lowest BCUT2D eigenvalue weighted by Gasteiger charge is -2.27. The van der Waals surface area contributed by atoms with Crippen molar-refractivity contribution in [2.45, 2.75) is 32.7 Å². The molecule has 1 saturated heterocycles. The van der Waals surface area contributed by atoms with Crippen LogP contribution in [0.3, 0.4) is 0 Å². The van der Waals surface area contributed by atoms with Crippen LogP contribution in [0.2, 0.25) is 0 Å². The predicted molar refractivity (Wildman–Crippen MR) is 150 cm³/mol. The van der Waals surface area contributed by atoms with E-state index >= 15 is 0 Å². The second-order valence-corrected chi connectivity index (χ2v) is 9.35. The summed E-state index contributed by atoms with van der Waals surface area (Å²) in [7, 11) is 3.88. The van der Waals surface area contributed by atoms with Gasteiger partial charge in [-0.1, -0.05) is 50.2 Å². The Kier molecular flexibility index (Phi) is 8.36. The number of aliphatic hydroxyl groups is 1. The minimum Gasteiger partial charge on any atom is -0.507 e. The van der Waals surface area contributed by atoms with Gasteiger partial charge in [0.2, 0.25) is 0 Å². The number of carbonyl (C=O) groups excluding carboxylic acids is 2. The normalized spacial score (nSPS) is 16.5. The Morgan fingerprint density at radius 1 is 0.895 bits per heavy atom. The summed E-state index contributed by atoms with van der Waals surface area (Å²) >= 11 is 0. The zero-order valence-electron chi connectivity index (χ0n) is 22.3. The SMILES string of the molecule is CCCOc1cccc(/C(O)=C2/C(=O)C(=O)N(c3ccccc3OCCC)C2c2ccc(N(C)C)cc2)c1. The molecule has 0 aliphatic carbocycles. The summed E-state index contributed by atoms with van der Waals surface area (Å²) in [5.74, 6) is -0.647. The van der Waals surface area contributed by atoms with Gasteiger partial charge in [0.05, 0.1) is 30.5 Å². The number of hydrogen-bond donors (Lipinski definition) is 1. The fourth-order valence-corrected chi connectivity index (χ4v) is 4.45. The summed E-state index contributed by atoms with van der Waals surface area (Å²) in [6.07, 6.45) is 1.63. The van der Waals surface area contributed by atoms with Crippen molar-refractivity contribution in [3.05, 3.63) is 89.5 Å². The van der Waals surface area contributed by atoms with E-state index in [4.69, 9.17) is 9.47 Å². The van der Waals surface area contributed by atoms with Crippen LogP contribution in [0, 0.1) is 0 Å². The van der Waals surface area contributed by atoms with Crippen molar-refractivity contribution in [1.82, 2.24) is 0 Å². The van der Waals surface area contributed by atoms with Crippen LogP contribution in [0.4, 0.5) is 11.4 Å². The van der Waals surface area contributed by atoms with Gasteiger partial charge in [0.15, 0.2) is 0 Å². The quantitative estimate of drug-likeness (QED) is 0.204. The van der Waals surface area contributed by atoms with E-state index < -0.39 is 17.7 Å². The van der Waals surface area contributed by atoms with E-state index in [2.05, 4.69) is 0 Å². The summed E-state index contributed by atoms with van der Waals surface area (Å²) in [4.78, 5) is 30.5. The Bertz CT molecular complexity index is 1330. The number of Topliss-reactive ketones (excluding diaryl/α,β-unsaturated/α-hetero) is 1. The molecule has 0 saturated carbocycles. The number of benzene rings is 3. The van der Waals surface area contributed by atoms with Gasteiger partial charge in [0.1, 0.15) is 17.3 Å². The first kappa shape index (κ1) is 26.8. The van der Waals surface area contributed by atoms with Crippen molar-refractivity contribution < 1.29 is 24.2 Å². The molecule has 0 aromatic heterocycles. The highest BCUT2D eigenvalue weighted by Gasteiger charge is 2.47. The summed E-state index contributed by atoms with van der Waals surface area (Å²) in [6, 6.07) is 20.9. The minimum absolute atomic E-state index is 0.0190. The van der Waals surface area contributed by atoms with Crippen molar-refractivity contribution in [2.75, 3.05) is 37.1 Å². The Hall–Kier alpha value is -4.26. The number of ketones is 1. The zero-order chi connectivity index (χ0) is 27.2. The highest BCUT2D eigenvalue weighted by molar-refractivity contribution is 6.52. The number of aliphatic hydroxyl groups excluding tert-OH is 1. The molecule has 1 fully saturated rings. The van der Waals surface area contributed by atoms with E-state index in [1.807, 2.05) is 63.2 Å². The molecule has 4 rings (SSSR count). The van der Waals surface area contributed by atoms with Crippen LogP contribution in [0.15, 0.2) is 78.4 Å². The van der Waals surface area contributed by atoms with Gasteiger partial charge in [-0.25, -0.2) is 0 Å². The van der Waals surface area contributed by atoms with Crippen LogP contribution in [0.1, 0.15) is 43.9 Å². The van der Waals surface area contributed by atoms with Gasteiger partial charge in [0, 0.05) is 25.3 Å². The molecule has 38 heavy (non-hydrogen) atoms. The number of ether oxygens (including phenoxy) is 2. The van der Waals surface area contributed by atoms with Crippen LogP contribution < -0.4 is 19.3 Å². The highest BCUT2D eigenvalue weighted by atomic mass is 16.5. The molecule has 0 spiro atoms. The van der Waals surface area contributed by atoms with Gasteiger partial charge in [-0.05, 0) is 54.8 Å². The number of rotatable bonds is 10. The third-order valence-corrected chi connectivity index (χ3v) is 6.34. The second kappa shape index (κ2) is 11.9. The molecule has 3 aromatic carbocycles. The standard InChI is InChI=1S/C31H34N2O5/c1-5-18-37-24-11-9-10-22(20-24)29(34)27-28(21-14-16-23(17-15-21)32(3)4)33(31(36)30(27)35)25-12-7-8-13-26(25)38-19-6-2/h7-17,20,28,34H,5-6,18-19H2,1-4H3/b29-27-. The number of hydrogen-bond acceptors (Lipinski definition) is 6. The maximum atomic E-state index is 13.6. The van der Waals surface area contributed by atoms with Gasteiger partial charge in [-0.2, -0.15) is 0 Å². The molecule has 1 atom stereocenters. The first-order valence-corrected chi connectivity index (χ1v) is 12.9. The van der Waals surface area contributed by atoms with E-state index in [0.717, 1.165) is 18.5 Å². The molecule has 7 heteroatoms. The van der Waals surface area contributed by atoms with Gasteiger partial charge in [-0.3, -0.25) is 14.5 Å². The van der Waals surface area contributed by atoms with Crippen LogP contribution in [-0.2, 0) is 9.59 Å². The Balaban J connectivity index is 1.89. The van der Waals surface area contributed by atoms with E-state index in [1.165, 1.54) is 4.90 Å². The summed E-state index contributed by atoms with van der Waals surface area (Å²) < 4.78 is 11.7. The molecule has 7 nitrogen and oxygen atoms in total. The largest absolute Gasteiger partial charge is 0.507 e. The molecule has 198 valence electrons. The number of amides is 1. The molecule has 3 aromatic rings. The molecular weight excluding hydrogens is 480 g/mol. The van der Waals surface area contributed by atoms with Crippen LogP contribution in [0.5, 0.6) is 11.5 Å². The van der Waals surface area contributed by atoms with Crippen molar-refractivity contribution >= 4 is 28.8 Å². The van der Waals surface area contributed by atoms with E-state index in [1.54, 1.807) is 42.5 Å². The lowest BCUT2D eigenvalue weighted by molar-refractivity contribution is -0.132. The summed E-state index contributed by atoms with van der Waals surface area (Å²) in [6.45, 7) is 5.00. The number of para-hydroxylation sites is 2. The van der Waals surface area contributed by atoms with Gasteiger partial charge < -0.3 is 19.5 Å². The minimum atomic E-state index is -0.849. The molecule has 1 aliphatic rings. The van der Waals surface area contributed by atoms with E-state index in [-0.39, 0.29) is 11.3 Å². The highest BCUT2D eigenvalue weighted by Crippen LogP contribution is 2.45. The molecule has 1 N–H and O–H groups in total. The third-order valence-electron chi connectivity index (χ3n) is 6.34. The monoisotopic (exact) mass is 514 g/mol. The third kappa shape index (κ3) is 5.37.